The molecule has 7 N–H and O–H groups in total. The minimum absolute atomic E-state index is 0.00884. The van der Waals surface area contributed by atoms with Crippen LogP contribution < -0.4 is 16.0 Å². The number of rotatable bonds is 23. The number of imidazole rings is 4. The number of carbonyl (C=O) groups is 8. The van der Waals surface area contributed by atoms with Crippen molar-refractivity contribution in [2.45, 2.75) is 188 Å². The van der Waals surface area contributed by atoms with Gasteiger partial charge in [-0.3, -0.25) is 28.8 Å². The Balaban J connectivity index is 0.000000210. The number of hydrogen-bond donors (Lipinski definition) is 7. The van der Waals surface area contributed by atoms with Crippen molar-refractivity contribution in [2.75, 3.05) is 48.1 Å². The van der Waals surface area contributed by atoms with Gasteiger partial charge in [-0.05, 0) is 159 Å². The van der Waals surface area contributed by atoms with Crippen molar-refractivity contribution in [2.24, 2.45) is 35.5 Å². The Kier molecular flexibility index (Phi) is 25.8. The Morgan fingerprint density at radius 2 is 0.885 bits per heavy atom. The molecule has 4 aromatic heterocycles. The third-order valence-corrected chi connectivity index (χ3v) is 23.0. The number of H-pyrrole nitrogens is 4. The SMILES string of the molecule is COC(=O)C[C@H](C(=O)N1CCC[C@H]1c1nc2c([nH]1)CCCc1cc(-c3ccc(-c4cnc([C@@H]5CCCN5C(=O)[C@@H](NC(=O)OC)C(C)C)[nH]4)c(F)c3)ccc1-2)C(C)C.COC(=O)C[C@H](C(=O)N1CCC[C@H]1c1nc2c([nH]1)CCCc1cc(-c3ccc(-c4cnc([C@H](C)NC(=O)[C@@H](NC(=O)OC)C(C)C)[nH]4)cc3)ccc1-2)C(C)C. The fraction of sp³-hybridized carbons (Fsp3) is 0.488. The van der Waals surface area contributed by atoms with Gasteiger partial charge in [-0.2, -0.15) is 0 Å². The first-order chi connectivity index (χ1) is 54.2. The summed E-state index contributed by atoms with van der Waals surface area (Å²) in [5.74, 6) is -0.147. The smallest absolute Gasteiger partial charge is 0.407 e. The molecule has 4 aromatic carbocycles. The van der Waals surface area contributed by atoms with E-state index in [1.807, 2.05) is 84.2 Å². The minimum Gasteiger partial charge on any atom is -0.469 e. The van der Waals surface area contributed by atoms with E-state index in [1.165, 1.54) is 34.0 Å². The van der Waals surface area contributed by atoms with E-state index < -0.39 is 48.0 Å². The van der Waals surface area contributed by atoms with E-state index >= 15 is 4.39 Å². The summed E-state index contributed by atoms with van der Waals surface area (Å²) in [5, 5.41) is 8.19. The average molecular weight is 1550 g/mol. The van der Waals surface area contributed by atoms with Gasteiger partial charge in [0.25, 0.3) is 0 Å². The number of aromatic nitrogens is 8. The van der Waals surface area contributed by atoms with Gasteiger partial charge in [0.05, 0.1) is 112 Å². The maximum absolute atomic E-state index is 15.9. The Bertz CT molecular complexity index is 4790. The molecule has 3 fully saturated rings. The predicted molar refractivity (Wildman–Crippen MR) is 424 cm³/mol. The molecule has 0 unspecified atom stereocenters. The maximum atomic E-state index is 15.9. The Hall–Kier alpha value is -11.0. The second-order valence-electron chi connectivity index (χ2n) is 31.8. The number of esters is 2. The van der Waals surface area contributed by atoms with Crippen molar-refractivity contribution in [1.82, 2.24) is 70.5 Å². The van der Waals surface area contributed by atoms with Crippen LogP contribution in [0.15, 0.2) is 91.3 Å². The normalized spacial score (nSPS) is 17.8. The summed E-state index contributed by atoms with van der Waals surface area (Å²) in [5.41, 5.74) is 15.0. The summed E-state index contributed by atoms with van der Waals surface area (Å²) in [7, 11) is 5.24. The number of ether oxygens (including phenoxy) is 4. The zero-order valence-corrected chi connectivity index (χ0v) is 67.0. The van der Waals surface area contributed by atoms with Crippen LogP contribution in [0.1, 0.15) is 197 Å². The lowest BCUT2D eigenvalue weighted by Gasteiger charge is -2.30. The second kappa shape index (κ2) is 35.8. The summed E-state index contributed by atoms with van der Waals surface area (Å²) < 4.78 is 35.2. The molecule has 7 heterocycles. The number of nitrogens with one attached hydrogen (secondary N) is 7. The quantitative estimate of drug-likeness (QED) is 0.0231. The Morgan fingerprint density at radius 1 is 0.451 bits per heavy atom. The first-order valence-corrected chi connectivity index (χ1v) is 39.8. The fourth-order valence-electron chi connectivity index (χ4n) is 16.5. The first-order valence-electron chi connectivity index (χ1n) is 39.8. The number of methoxy groups -OCH3 is 4. The van der Waals surface area contributed by atoms with E-state index in [1.54, 1.807) is 29.4 Å². The molecule has 2 aliphatic carbocycles. The van der Waals surface area contributed by atoms with Gasteiger partial charge < -0.3 is 69.5 Å². The van der Waals surface area contributed by atoms with E-state index in [0.29, 0.717) is 49.0 Å². The van der Waals surface area contributed by atoms with Crippen molar-refractivity contribution >= 4 is 47.8 Å². The molecule has 113 heavy (non-hydrogen) atoms. The summed E-state index contributed by atoms with van der Waals surface area (Å²) in [4.78, 5) is 141. The van der Waals surface area contributed by atoms with Crippen LogP contribution in [0.5, 0.6) is 0 Å². The molecular formula is C86H107FN14O12. The lowest BCUT2D eigenvalue weighted by molar-refractivity contribution is -0.148. The molecule has 6 amide bonds. The molecule has 3 aliphatic heterocycles. The number of hydrogen-bond acceptors (Lipinski definition) is 16. The molecule has 0 radical (unpaired) electrons. The van der Waals surface area contributed by atoms with Crippen molar-refractivity contribution in [3.8, 4) is 67.3 Å². The lowest BCUT2D eigenvalue weighted by atomic mass is 9.90. The van der Waals surface area contributed by atoms with Crippen LogP contribution in [0.4, 0.5) is 14.0 Å². The van der Waals surface area contributed by atoms with Gasteiger partial charge in [0.2, 0.25) is 23.6 Å². The van der Waals surface area contributed by atoms with Crippen molar-refractivity contribution < 1.29 is 61.7 Å². The zero-order valence-electron chi connectivity index (χ0n) is 67.0. The molecule has 0 spiro atoms. The van der Waals surface area contributed by atoms with Crippen LogP contribution in [-0.4, -0.2) is 162 Å². The van der Waals surface area contributed by atoms with Crippen LogP contribution in [-0.2, 0) is 73.4 Å². The Labute approximate surface area is 659 Å². The molecule has 5 aliphatic rings. The highest BCUT2D eigenvalue weighted by Crippen LogP contribution is 2.43. The van der Waals surface area contributed by atoms with Crippen molar-refractivity contribution in [3.63, 3.8) is 0 Å². The van der Waals surface area contributed by atoms with Gasteiger partial charge in [-0.25, -0.2) is 33.9 Å². The third-order valence-electron chi connectivity index (χ3n) is 23.0. The third kappa shape index (κ3) is 18.1. The number of aryl methyl sites for hydroxylation is 4. The topological polar surface area (TPSA) is 334 Å². The second-order valence-corrected chi connectivity index (χ2v) is 31.8. The maximum Gasteiger partial charge on any atom is 0.407 e. The number of alkyl carbamates (subject to hydrolysis) is 2. The van der Waals surface area contributed by atoms with Crippen LogP contribution >= 0.6 is 0 Å². The summed E-state index contributed by atoms with van der Waals surface area (Å²) in [6.45, 7) is 18.9. The van der Waals surface area contributed by atoms with Crippen LogP contribution in [0.3, 0.4) is 0 Å². The predicted octanol–water partition coefficient (Wildman–Crippen LogP) is 14.0. The molecule has 8 atom stereocenters. The fourth-order valence-corrected chi connectivity index (χ4v) is 16.5. The van der Waals surface area contributed by atoms with Gasteiger partial charge in [-0.15, -0.1) is 0 Å². The molecule has 26 nitrogen and oxygen atoms in total. The molecular weight excluding hydrogens is 1440 g/mol. The highest BCUT2D eigenvalue weighted by atomic mass is 19.1. The van der Waals surface area contributed by atoms with E-state index in [0.717, 1.165) is 155 Å². The largest absolute Gasteiger partial charge is 0.469 e. The number of likely N-dealkylation sites (tertiary alicyclic amines) is 3. The minimum atomic E-state index is -0.747. The molecule has 13 rings (SSSR count). The highest BCUT2D eigenvalue weighted by molar-refractivity contribution is 5.89. The van der Waals surface area contributed by atoms with Gasteiger partial charge in [0.15, 0.2) is 0 Å². The molecule has 8 aromatic rings. The van der Waals surface area contributed by atoms with E-state index in [9.17, 15) is 38.4 Å². The van der Waals surface area contributed by atoms with E-state index in [2.05, 4.69) is 105 Å². The summed E-state index contributed by atoms with van der Waals surface area (Å²) >= 11 is 0. The summed E-state index contributed by atoms with van der Waals surface area (Å²) in [6, 6.07) is 23.7. The van der Waals surface area contributed by atoms with Crippen LogP contribution in [0.25, 0.3) is 67.3 Å². The molecule has 600 valence electrons. The van der Waals surface area contributed by atoms with Crippen LogP contribution in [0.2, 0.25) is 0 Å². The molecule has 3 saturated heterocycles. The van der Waals surface area contributed by atoms with Crippen LogP contribution in [0, 0.1) is 41.3 Å². The Morgan fingerprint density at radius 3 is 1.35 bits per heavy atom. The molecule has 0 saturated carbocycles. The number of carbonyl (C=O) groups excluding carboxylic acids is 8. The van der Waals surface area contributed by atoms with Crippen molar-refractivity contribution in [1.29, 1.82) is 0 Å². The first kappa shape index (κ1) is 81.5. The number of halogens is 1. The molecule has 0 bridgehead atoms. The average Bonchev–Trinajstić information content (AvgIpc) is 1.63. The number of amides is 6. The number of benzene rings is 4. The monoisotopic (exact) mass is 1550 g/mol. The van der Waals surface area contributed by atoms with E-state index in [-0.39, 0.29) is 90.2 Å². The summed E-state index contributed by atoms with van der Waals surface area (Å²) in [6.07, 6.45) is 12.4. The van der Waals surface area contributed by atoms with Crippen molar-refractivity contribution in [3.05, 3.63) is 143 Å². The van der Waals surface area contributed by atoms with Gasteiger partial charge in [-0.1, -0.05) is 122 Å². The number of nitrogens with zero attached hydrogens (tertiary/aromatic N) is 7. The number of aromatic amines is 4. The molecule has 27 heteroatoms. The zero-order chi connectivity index (χ0) is 80.6. The number of fused-ring (bicyclic) bond motifs is 6. The van der Waals surface area contributed by atoms with Gasteiger partial charge >= 0.3 is 24.1 Å². The van der Waals surface area contributed by atoms with Gasteiger partial charge in [0.1, 0.15) is 41.2 Å². The van der Waals surface area contributed by atoms with E-state index in [4.69, 9.17) is 24.2 Å². The standard InChI is InChI=1S/C44H54FN7O6.C42H53N7O6/c1-24(2)31(22-37(53)57-5)42(54)51-18-9-13-36(51)41-47-33-11-7-10-28-20-26(14-16-29(28)39(33)49-41)27-15-17-30(32(45)21-27)34-23-46-40(48-34)35-12-8-19-52(35)43(55)38(25(3)4)50-44(56)58-6;1-23(2)31(21-35(50)54-6)41(52)49-19-9-12-34(49)39-45-32-11-8-10-29-20-28(17-18-30(29)37(32)47-39)26-13-15-27(16-14-26)33-22-43-38(46-33)25(5)44-40(51)36(24(3)4)48-42(53)55-7/h14-17,20-21,23-25,31,35-36,38H,7-13,18-19,22H2,1-6H3,(H,46,48)(H,47,49)(H,50,56);13-18,20,22-25,31,34,36H,8-12,19,21H2,1-7H3,(H,43,46)(H,44,51)(H,45,47)(H,48,53)/t31-,35-,36-,38-;25-,31-,34-,36-/m00/s1. The van der Waals surface area contributed by atoms with Gasteiger partial charge in [0, 0.05) is 47.7 Å². The highest BCUT2D eigenvalue weighted by Gasteiger charge is 2.42. The lowest BCUT2D eigenvalue weighted by Crippen LogP contribution is -2.51.